The number of nitrogens with zero attached hydrogens (tertiary/aromatic N) is 4. The zero-order valence-electron chi connectivity index (χ0n) is 19.9. The molecule has 0 radical (unpaired) electrons. The number of hydrogen-bond acceptors (Lipinski definition) is 6. The molecule has 2 aliphatic rings. The Morgan fingerprint density at radius 3 is 2.43 bits per heavy atom. The lowest BCUT2D eigenvalue weighted by molar-refractivity contribution is -0.147. The van der Waals surface area contributed by atoms with Crippen LogP contribution >= 0.6 is 0 Å². The number of carbonyl (C=O) groups is 1. The summed E-state index contributed by atoms with van der Waals surface area (Å²) in [5.74, 6) is 0.454. The largest absolute Gasteiger partial charge is 0.401 e. The molecule has 0 spiro atoms. The summed E-state index contributed by atoms with van der Waals surface area (Å²) in [6.07, 6.45) is -3.28. The molecule has 2 aliphatic heterocycles. The highest BCUT2D eigenvalue weighted by Crippen LogP contribution is 2.39. The van der Waals surface area contributed by atoms with Gasteiger partial charge in [0.2, 0.25) is 5.91 Å². The van der Waals surface area contributed by atoms with Gasteiger partial charge in [-0.15, -0.1) is 0 Å². The van der Waals surface area contributed by atoms with Crippen molar-refractivity contribution in [3.05, 3.63) is 36.4 Å². The van der Waals surface area contributed by atoms with Crippen molar-refractivity contribution < 1.29 is 26.4 Å². The molecule has 11 heteroatoms. The summed E-state index contributed by atoms with van der Waals surface area (Å²) in [5, 5.41) is 0. The fourth-order valence-electron chi connectivity index (χ4n) is 4.87. The highest BCUT2D eigenvalue weighted by molar-refractivity contribution is 7.91. The van der Waals surface area contributed by atoms with Crippen LogP contribution in [-0.4, -0.2) is 74.9 Å². The molecule has 1 saturated heterocycles. The van der Waals surface area contributed by atoms with Crippen LogP contribution in [0, 0.1) is 0 Å². The average molecular weight is 511 g/mol. The van der Waals surface area contributed by atoms with Gasteiger partial charge in [-0.05, 0) is 44.0 Å². The van der Waals surface area contributed by atoms with E-state index in [2.05, 4.69) is 0 Å². The predicted octanol–water partition coefficient (Wildman–Crippen LogP) is 3.74. The van der Waals surface area contributed by atoms with E-state index < -0.39 is 28.6 Å². The van der Waals surface area contributed by atoms with Crippen LogP contribution in [0.5, 0.6) is 0 Å². The Bertz CT molecular complexity index is 1210. The van der Waals surface area contributed by atoms with Crippen LogP contribution in [0.2, 0.25) is 0 Å². The summed E-state index contributed by atoms with van der Waals surface area (Å²) in [6, 6.07) is 9.47. The van der Waals surface area contributed by atoms with Crippen molar-refractivity contribution in [3.8, 4) is 11.3 Å². The highest BCUT2D eigenvalue weighted by atomic mass is 32.2. The first-order valence-electron chi connectivity index (χ1n) is 11.6. The van der Waals surface area contributed by atoms with Gasteiger partial charge in [-0.25, -0.2) is 13.4 Å². The minimum absolute atomic E-state index is 0.0146. The molecule has 0 saturated carbocycles. The second-order valence-electron chi connectivity index (χ2n) is 9.07. The number of likely N-dealkylation sites (N-methyl/N-ethyl adjacent to an activating group) is 1. The van der Waals surface area contributed by atoms with E-state index in [1.807, 2.05) is 4.90 Å². The number of sulfone groups is 1. The number of alkyl halides is 3. The van der Waals surface area contributed by atoms with Gasteiger partial charge in [0.25, 0.3) is 0 Å². The fraction of sp³-hybridized carbons (Fsp3) is 0.500. The molecule has 190 valence electrons. The first-order chi connectivity index (χ1) is 16.4. The van der Waals surface area contributed by atoms with E-state index in [0.29, 0.717) is 35.6 Å². The number of halogens is 3. The molecule has 1 fully saturated rings. The summed E-state index contributed by atoms with van der Waals surface area (Å²) in [7, 11) is -1.72. The maximum absolute atomic E-state index is 13.0. The van der Waals surface area contributed by atoms with E-state index in [-0.39, 0.29) is 35.7 Å². The van der Waals surface area contributed by atoms with Crippen molar-refractivity contribution in [2.45, 2.75) is 49.8 Å². The van der Waals surface area contributed by atoms with Crippen LogP contribution in [0.25, 0.3) is 11.3 Å². The lowest BCUT2D eigenvalue weighted by atomic mass is 9.98. The topological polar surface area (TPSA) is 73.8 Å². The van der Waals surface area contributed by atoms with Crippen molar-refractivity contribution in [2.24, 2.45) is 0 Å². The van der Waals surface area contributed by atoms with Crippen molar-refractivity contribution >= 4 is 27.2 Å². The van der Waals surface area contributed by atoms with Gasteiger partial charge in [0.15, 0.2) is 15.7 Å². The molecule has 35 heavy (non-hydrogen) atoms. The molecule has 1 amide bonds. The van der Waals surface area contributed by atoms with Gasteiger partial charge in [-0.3, -0.25) is 9.69 Å². The normalized spacial score (nSPS) is 20.3. The summed E-state index contributed by atoms with van der Waals surface area (Å²) >= 11 is 0. The fourth-order valence-corrected chi connectivity index (χ4v) is 5.79. The molecule has 0 aliphatic carbocycles. The van der Waals surface area contributed by atoms with Gasteiger partial charge >= 0.3 is 6.18 Å². The number of hydrogen-bond donors (Lipinski definition) is 0. The highest BCUT2D eigenvalue weighted by Gasteiger charge is 2.41. The third-order valence-corrected chi connectivity index (χ3v) is 8.52. The van der Waals surface area contributed by atoms with Crippen LogP contribution in [0.1, 0.15) is 26.7 Å². The number of rotatable bonds is 5. The van der Waals surface area contributed by atoms with Gasteiger partial charge < -0.3 is 9.80 Å². The van der Waals surface area contributed by atoms with E-state index in [9.17, 15) is 26.4 Å². The molecule has 0 unspecified atom stereocenters. The first-order valence-corrected chi connectivity index (χ1v) is 13.3. The number of piperidine rings is 1. The number of fused-ring (bicyclic) bond motifs is 1. The van der Waals surface area contributed by atoms with Gasteiger partial charge in [0.1, 0.15) is 6.04 Å². The SMILES string of the molecule is CCS(=O)(=O)c1cccc(-c2ccc3c(n2)N(C2CCN(CC(F)(F)F)CC2)[C@H](C)C(=O)N3C)c1. The number of benzene rings is 1. The van der Waals surface area contributed by atoms with Gasteiger partial charge in [0.05, 0.1) is 28.6 Å². The van der Waals surface area contributed by atoms with Crippen LogP contribution in [-0.2, 0) is 14.6 Å². The summed E-state index contributed by atoms with van der Waals surface area (Å²) in [5.41, 5.74) is 1.81. The minimum atomic E-state index is -4.24. The van der Waals surface area contributed by atoms with E-state index in [1.54, 1.807) is 62.2 Å². The Balaban J connectivity index is 1.68. The standard InChI is InChI=1S/C24H29F3N4O3S/c1-4-35(33,34)19-7-5-6-17(14-19)20-8-9-21-22(28-20)31(16(2)23(32)29(21)3)18-10-12-30(13-11-18)15-24(25,26)27/h5-9,14,16,18H,4,10-13,15H2,1-3H3/t16-/m1/s1. The first kappa shape index (κ1) is 25.4. The lowest BCUT2D eigenvalue weighted by Gasteiger charge is -2.46. The van der Waals surface area contributed by atoms with Crippen LogP contribution < -0.4 is 9.80 Å². The molecule has 1 aromatic carbocycles. The number of likely N-dealkylation sites (tertiary alicyclic amines) is 1. The molecule has 4 rings (SSSR count). The number of anilines is 2. The van der Waals surface area contributed by atoms with Gasteiger partial charge in [0, 0.05) is 31.7 Å². The second-order valence-corrected chi connectivity index (χ2v) is 11.4. The zero-order chi connectivity index (χ0) is 25.5. The molecule has 0 bridgehead atoms. The molecular formula is C24H29F3N4O3S. The third-order valence-electron chi connectivity index (χ3n) is 6.79. The molecule has 1 aromatic heterocycles. The number of aromatic nitrogens is 1. The molecule has 2 aromatic rings. The Morgan fingerprint density at radius 2 is 1.80 bits per heavy atom. The molecule has 0 N–H and O–H groups in total. The van der Waals surface area contributed by atoms with E-state index >= 15 is 0 Å². The van der Waals surface area contributed by atoms with Crippen molar-refractivity contribution in [3.63, 3.8) is 0 Å². The Kier molecular flexibility index (Phi) is 6.85. The average Bonchev–Trinajstić information content (AvgIpc) is 2.82. The van der Waals surface area contributed by atoms with Gasteiger partial charge in [-0.1, -0.05) is 19.1 Å². The van der Waals surface area contributed by atoms with E-state index in [4.69, 9.17) is 4.98 Å². The molecule has 3 heterocycles. The quantitative estimate of drug-likeness (QED) is 0.610. The smallest absolute Gasteiger partial charge is 0.340 e. The molecule has 7 nitrogen and oxygen atoms in total. The number of carbonyl (C=O) groups excluding carboxylic acids is 1. The van der Waals surface area contributed by atoms with Crippen LogP contribution in [0.4, 0.5) is 24.7 Å². The van der Waals surface area contributed by atoms with Crippen molar-refractivity contribution in [1.29, 1.82) is 0 Å². The summed E-state index contributed by atoms with van der Waals surface area (Å²) in [6.45, 7) is 3.00. The maximum atomic E-state index is 13.0. The monoisotopic (exact) mass is 510 g/mol. The Morgan fingerprint density at radius 1 is 1.11 bits per heavy atom. The van der Waals surface area contributed by atoms with E-state index in [0.717, 1.165) is 0 Å². The molecular weight excluding hydrogens is 481 g/mol. The second kappa shape index (κ2) is 9.42. The third kappa shape index (κ3) is 5.16. The van der Waals surface area contributed by atoms with Crippen LogP contribution in [0.15, 0.2) is 41.3 Å². The maximum Gasteiger partial charge on any atom is 0.401 e. The minimum Gasteiger partial charge on any atom is -0.340 e. The van der Waals surface area contributed by atoms with Crippen molar-refractivity contribution in [2.75, 3.05) is 42.2 Å². The van der Waals surface area contributed by atoms with Crippen molar-refractivity contribution in [1.82, 2.24) is 9.88 Å². The summed E-state index contributed by atoms with van der Waals surface area (Å²) < 4.78 is 63.2. The zero-order valence-corrected chi connectivity index (χ0v) is 20.7. The Hall–Kier alpha value is -2.66. The van der Waals surface area contributed by atoms with Gasteiger partial charge in [-0.2, -0.15) is 13.2 Å². The Labute approximate surface area is 203 Å². The number of pyridine rings is 1. The predicted molar refractivity (Wildman–Crippen MR) is 128 cm³/mol. The van der Waals surface area contributed by atoms with Crippen LogP contribution in [0.3, 0.4) is 0 Å². The van der Waals surface area contributed by atoms with E-state index in [1.165, 1.54) is 4.90 Å². The summed E-state index contributed by atoms with van der Waals surface area (Å²) in [4.78, 5) is 22.9. The molecule has 1 atom stereocenters. The number of amides is 1. The lowest BCUT2D eigenvalue weighted by Crippen LogP contribution is -2.57.